The lowest BCUT2D eigenvalue weighted by Crippen LogP contribution is -1.90. The highest BCUT2D eigenvalue weighted by Gasteiger charge is 2.17. The lowest BCUT2D eigenvalue weighted by atomic mass is 9.85. The van der Waals surface area contributed by atoms with Crippen LogP contribution in [0.1, 0.15) is 19.2 Å². The minimum Gasteiger partial charge on any atom is -0.456 e. The molecule has 0 fully saturated rings. The molecule has 0 radical (unpaired) electrons. The molecule has 1 heteroatoms. The predicted molar refractivity (Wildman–Crippen MR) is 157 cm³/mol. The summed E-state index contributed by atoms with van der Waals surface area (Å²) in [5.41, 5.74) is 0.0823. The van der Waals surface area contributed by atoms with Gasteiger partial charge in [-0.3, -0.25) is 0 Å². The molecule has 0 spiro atoms. The maximum atomic E-state index is 9.56. The average molecular weight is 485 g/mol. The monoisotopic (exact) mass is 484 g/mol. The summed E-state index contributed by atoms with van der Waals surface area (Å²) in [4.78, 5) is 0. The van der Waals surface area contributed by atoms with Crippen LogP contribution in [0, 0.1) is 0 Å². The van der Waals surface area contributed by atoms with E-state index in [-0.39, 0.29) is 49.9 Å². The molecule has 1 nitrogen and oxygen atoms in total. The molecule has 0 saturated carbocycles. The van der Waals surface area contributed by atoms with Crippen molar-refractivity contribution in [3.8, 4) is 22.3 Å². The summed E-state index contributed by atoms with van der Waals surface area (Å²) < 4.78 is 128. The van der Waals surface area contributed by atoms with Crippen molar-refractivity contribution in [3.63, 3.8) is 0 Å². The molecule has 0 aliphatic rings. The summed E-state index contributed by atoms with van der Waals surface area (Å²) in [7, 11) is 0. The van der Waals surface area contributed by atoms with Crippen LogP contribution in [0.25, 0.3) is 76.5 Å². The molecule has 0 bridgehead atoms. The second kappa shape index (κ2) is 7.81. The Morgan fingerprint density at radius 1 is 0.459 bits per heavy atom. The zero-order chi connectivity index (χ0) is 36.5. The maximum Gasteiger partial charge on any atom is 0.136 e. The molecule has 7 aromatic carbocycles. The molecule has 37 heavy (non-hydrogen) atoms. The quantitative estimate of drug-likeness (QED) is 0.222. The van der Waals surface area contributed by atoms with E-state index >= 15 is 0 Å². The molecule has 172 valence electrons. The van der Waals surface area contributed by atoms with Crippen LogP contribution in [-0.4, -0.2) is 0 Å². The summed E-state index contributed by atoms with van der Waals surface area (Å²) in [6, 6.07) is 7.03. The van der Waals surface area contributed by atoms with E-state index in [2.05, 4.69) is 0 Å². The Balaban J connectivity index is 1.59. The van der Waals surface area contributed by atoms with E-state index in [0.29, 0.717) is 32.7 Å². The fraction of sp³-hybridized carbons (Fsp3) is 0. The first-order chi connectivity index (χ1) is 24.2. The lowest BCUT2D eigenvalue weighted by Gasteiger charge is -2.18. The topological polar surface area (TPSA) is 13.1 Å². The van der Waals surface area contributed by atoms with Gasteiger partial charge >= 0.3 is 0 Å². The van der Waals surface area contributed by atoms with Crippen LogP contribution >= 0.6 is 0 Å². The minimum atomic E-state index is -0.567. The Morgan fingerprint density at radius 2 is 1.08 bits per heavy atom. The minimum absolute atomic E-state index is 0.0251. The van der Waals surface area contributed by atoms with E-state index in [1.165, 1.54) is 0 Å². The van der Waals surface area contributed by atoms with Crippen LogP contribution in [0.5, 0.6) is 0 Å². The molecule has 0 unspecified atom stereocenters. The van der Waals surface area contributed by atoms with E-state index in [9.17, 15) is 4.11 Å². The summed E-state index contributed by atoms with van der Waals surface area (Å²) in [5.74, 6) is 0. The molecule has 0 amide bonds. The van der Waals surface area contributed by atoms with Crippen LogP contribution in [0.3, 0.4) is 0 Å². The summed E-state index contributed by atoms with van der Waals surface area (Å²) in [6.45, 7) is 0. The molecule has 0 aliphatic heterocycles. The van der Waals surface area contributed by atoms with Crippen molar-refractivity contribution in [1.29, 1.82) is 0 Å². The number of para-hydroxylation sites is 1. The summed E-state index contributed by atoms with van der Waals surface area (Å²) in [5, 5.41) is 1.32. The van der Waals surface area contributed by atoms with Crippen molar-refractivity contribution in [1.82, 2.24) is 0 Å². The van der Waals surface area contributed by atoms with E-state index < -0.39 is 78.6 Å². The largest absolute Gasteiger partial charge is 0.456 e. The molecule has 0 aliphatic carbocycles. The Hall–Kier alpha value is -4.88. The Kier molecular flexibility index (Phi) is 2.33. The maximum absolute atomic E-state index is 9.56. The van der Waals surface area contributed by atoms with Gasteiger partial charge in [-0.05, 0) is 72.7 Å². The van der Waals surface area contributed by atoms with Gasteiger partial charge in [0.2, 0.25) is 0 Å². The van der Waals surface area contributed by atoms with E-state index in [4.69, 9.17) is 19.5 Å². The van der Waals surface area contributed by atoms with Crippen LogP contribution in [-0.2, 0) is 0 Å². The third-order valence-corrected chi connectivity index (χ3v) is 6.63. The molecule has 8 rings (SSSR count). The fourth-order valence-corrected chi connectivity index (χ4v) is 5.12. The molecule has 0 saturated heterocycles. The number of hydrogen-bond acceptors (Lipinski definition) is 1. The zero-order valence-corrected chi connectivity index (χ0v) is 19.0. The highest BCUT2D eigenvalue weighted by atomic mass is 16.3. The summed E-state index contributed by atoms with van der Waals surface area (Å²) >= 11 is 0. The average Bonchev–Trinajstić information content (AvgIpc) is 3.53. The fourth-order valence-electron chi connectivity index (χ4n) is 5.12. The number of benzene rings is 7. The van der Waals surface area contributed by atoms with E-state index in [1.54, 1.807) is 48.5 Å². The molecule has 0 N–H and O–H groups in total. The van der Waals surface area contributed by atoms with Crippen molar-refractivity contribution in [3.05, 3.63) is 133 Å². The third kappa shape index (κ3) is 2.98. The first-order valence-corrected chi connectivity index (χ1v) is 11.6. The molecule has 1 heterocycles. The van der Waals surface area contributed by atoms with Crippen molar-refractivity contribution >= 4 is 54.3 Å². The van der Waals surface area contributed by atoms with Gasteiger partial charge in [0.25, 0.3) is 0 Å². The van der Waals surface area contributed by atoms with Gasteiger partial charge in [-0.1, -0.05) is 115 Å². The normalized spacial score (nSPS) is 17.1. The van der Waals surface area contributed by atoms with Crippen molar-refractivity contribution < 1.29 is 23.6 Å². The van der Waals surface area contributed by atoms with Gasteiger partial charge in [0.15, 0.2) is 0 Å². The SMILES string of the molecule is [2H]c1c([2H])c([2H])c(-c2c3ccccc3c(-c3c([2H])c([2H])c4c(c3[2H])c([2H])c([2H])c3oc5c([2H])c([2H])c([2H])c([2H])c5c34)c3ccccc23)c([2H])c1[2H]. The van der Waals surface area contributed by atoms with Crippen LogP contribution in [0.2, 0.25) is 0 Å². The molecular weight excluding hydrogens is 448 g/mol. The van der Waals surface area contributed by atoms with Gasteiger partial charge in [0.05, 0.1) is 19.2 Å². The number of rotatable bonds is 2. The van der Waals surface area contributed by atoms with Gasteiger partial charge in [-0.25, -0.2) is 0 Å². The van der Waals surface area contributed by atoms with Gasteiger partial charge in [0.1, 0.15) is 11.2 Å². The van der Waals surface area contributed by atoms with Crippen LogP contribution in [0.15, 0.2) is 138 Å². The lowest BCUT2D eigenvalue weighted by molar-refractivity contribution is 0.669. The Morgan fingerprint density at radius 3 is 1.78 bits per heavy atom. The first-order valence-electron chi connectivity index (χ1n) is 18.6. The van der Waals surface area contributed by atoms with Gasteiger partial charge in [-0.2, -0.15) is 0 Å². The van der Waals surface area contributed by atoms with Crippen molar-refractivity contribution in [2.24, 2.45) is 0 Å². The van der Waals surface area contributed by atoms with Crippen LogP contribution < -0.4 is 0 Å². The van der Waals surface area contributed by atoms with E-state index in [1.807, 2.05) is 0 Å². The predicted octanol–water partition coefficient (Wildman–Crippen LogP) is 10.4. The van der Waals surface area contributed by atoms with Crippen molar-refractivity contribution in [2.75, 3.05) is 0 Å². The molecule has 1 aromatic heterocycles. The standard InChI is InChI=1S/C36H22O/c1-2-10-23(11-3-1)34-27-12-4-6-14-29(27)35(30-15-7-5-13-28(30)34)25-18-20-26-24(22-25)19-21-33-36(26)31-16-8-9-17-32(31)37-33/h1-22H/i1D,2D,3D,8D,9D,10D,11D,16D,17D,18D,19D,20D,21D,22D. The van der Waals surface area contributed by atoms with Gasteiger partial charge < -0.3 is 4.42 Å². The number of hydrogen-bond donors (Lipinski definition) is 0. The number of fused-ring (bicyclic) bond motifs is 7. The highest BCUT2D eigenvalue weighted by Crippen LogP contribution is 2.44. The smallest absolute Gasteiger partial charge is 0.136 e. The molecule has 8 aromatic rings. The van der Waals surface area contributed by atoms with Gasteiger partial charge in [-0.15, -0.1) is 0 Å². The van der Waals surface area contributed by atoms with Crippen molar-refractivity contribution in [2.45, 2.75) is 0 Å². The second-order valence-corrected chi connectivity index (χ2v) is 8.60. The zero-order valence-electron chi connectivity index (χ0n) is 33.0. The molecule has 0 atom stereocenters. The molecular formula is C36H22O. The summed E-state index contributed by atoms with van der Waals surface area (Å²) in [6.07, 6.45) is 0. The first kappa shape index (κ1) is 11.0. The van der Waals surface area contributed by atoms with Gasteiger partial charge in [0, 0.05) is 10.8 Å². The van der Waals surface area contributed by atoms with Crippen LogP contribution in [0.4, 0.5) is 0 Å². The third-order valence-electron chi connectivity index (χ3n) is 6.63. The Bertz CT molecular complexity index is 2830. The number of furan rings is 1. The second-order valence-electron chi connectivity index (χ2n) is 8.60. The van der Waals surface area contributed by atoms with E-state index in [0.717, 1.165) is 0 Å². The Labute approximate surface area is 233 Å². The highest BCUT2D eigenvalue weighted by molar-refractivity contribution is 6.23.